The van der Waals surface area contributed by atoms with Gasteiger partial charge in [-0.15, -0.1) is 6.58 Å². The van der Waals surface area contributed by atoms with E-state index in [1.807, 2.05) is 6.08 Å². The molecule has 2 bridgehead atoms. The molecule has 0 radical (unpaired) electrons. The van der Waals surface area contributed by atoms with E-state index in [0.717, 1.165) is 24.8 Å². The number of hydrogen-bond acceptors (Lipinski definition) is 3. The molecule has 21 heavy (non-hydrogen) atoms. The molecule has 3 nitrogen and oxygen atoms in total. The van der Waals surface area contributed by atoms with Crippen molar-refractivity contribution in [3.63, 3.8) is 0 Å². The quantitative estimate of drug-likeness (QED) is 0.786. The first kappa shape index (κ1) is 15.3. The molecule has 3 heteroatoms. The van der Waals surface area contributed by atoms with Crippen LogP contribution in [-0.2, 0) is 4.74 Å². The molecule has 4 atom stereocenters. The molecule has 1 aliphatic heterocycles. The van der Waals surface area contributed by atoms with Crippen molar-refractivity contribution < 1.29 is 14.9 Å². The second-order valence-corrected chi connectivity index (χ2v) is 8.13. The van der Waals surface area contributed by atoms with Crippen LogP contribution in [0.4, 0.5) is 0 Å². The van der Waals surface area contributed by atoms with E-state index in [4.69, 9.17) is 4.74 Å². The highest BCUT2D eigenvalue weighted by Gasteiger charge is 2.66. The van der Waals surface area contributed by atoms with Gasteiger partial charge in [0.05, 0.1) is 23.4 Å². The van der Waals surface area contributed by atoms with Crippen LogP contribution in [0.15, 0.2) is 24.3 Å². The molecule has 3 aliphatic rings. The first-order chi connectivity index (χ1) is 9.70. The molecule has 2 fully saturated rings. The van der Waals surface area contributed by atoms with Gasteiger partial charge in [0, 0.05) is 5.41 Å². The van der Waals surface area contributed by atoms with Crippen LogP contribution in [0.25, 0.3) is 0 Å². The Hall–Kier alpha value is -0.640. The third-order valence-electron chi connectivity index (χ3n) is 6.30. The highest BCUT2D eigenvalue weighted by atomic mass is 16.5. The lowest BCUT2D eigenvalue weighted by atomic mass is 9.53. The summed E-state index contributed by atoms with van der Waals surface area (Å²) in [4.78, 5) is 0. The summed E-state index contributed by atoms with van der Waals surface area (Å²) in [5.74, 6) is 0.533. The lowest BCUT2D eigenvalue weighted by Crippen LogP contribution is -2.57. The van der Waals surface area contributed by atoms with Gasteiger partial charge in [-0.2, -0.15) is 0 Å². The van der Waals surface area contributed by atoms with Gasteiger partial charge in [0.15, 0.2) is 0 Å². The minimum Gasteiger partial charge on any atom is -0.392 e. The van der Waals surface area contributed by atoms with E-state index in [1.165, 1.54) is 0 Å². The van der Waals surface area contributed by atoms with Crippen LogP contribution in [0.1, 0.15) is 52.9 Å². The highest BCUT2D eigenvalue weighted by molar-refractivity contribution is 5.36. The lowest BCUT2D eigenvalue weighted by molar-refractivity contribution is -0.155. The van der Waals surface area contributed by atoms with Crippen molar-refractivity contribution in [3.8, 4) is 0 Å². The molecule has 0 amide bonds. The summed E-state index contributed by atoms with van der Waals surface area (Å²) >= 11 is 0. The van der Waals surface area contributed by atoms with Crippen LogP contribution in [0.2, 0.25) is 0 Å². The number of aliphatic hydroxyl groups excluding tert-OH is 1. The predicted octanol–water partition coefficient (Wildman–Crippen LogP) is 2.97. The molecular formula is C18H28O3. The second kappa shape index (κ2) is 4.43. The zero-order valence-electron chi connectivity index (χ0n) is 13.5. The van der Waals surface area contributed by atoms with Gasteiger partial charge in [-0.1, -0.05) is 13.0 Å². The number of aliphatic hydroxyl groups is 2. The summed E-state index contributed by atoms with van der Waals surface area (Å²) in [7, 11) is 0. The maximum absolute atomic E-state index is 10.9. The maximum Gasteiger partial charge on any atom is 0.0980 e. The molecule has 118 valence electrons. The van der Waals surface area contributed by atoms with E-state index in [-0.39, 0.29) is 17.6 Å². The van der Waals surface area contributed by atoms with Crippen molar-refractivity contribution in [3.05, 3.63) is 24.3 Å². The largest absolute Gasteiger partial charge is 0.392 e. The van der Waals surface area contributed by atoms with Crippen molar-refractivity contribution in [1.29, 1.82) is 0 Å². The van der Waals surface area contributed by atoms with Gasteiger partial charge in [-0.3, -0.25) is 0 Å². The normalized spacial score (nSPS) is 47.7. The van der Waals surface area contributed by atoms with Crippen molar-refractivity contribution in [2.75, 3.05) is 6.61 Å². The minimum absolute atomic E-state index is 0.0438. The SMILES string of the molecule is C=CC[C@]1(O)C=C(CO)C23C[C@@H](CC[C@]2(C)C1)C(C)(C)O3. The Kier molecular flexibility index (Phi) is 3.22. The summed E-state index contributed by atoms with van der Waals surface area (Å²) in [5.41, 5.74) is -0.706. The molecule has 1 heterocycles. The molecule has 0 aromatic rings. The Morgan fingerprint density at radius 1 is 1.43 bits per heavy atom. The second-order valence-electron chi connectivity index (χ2n) is 8.13. The molecule has 1 saturated heterocycles. The molecule has 3 rings (SSSR count). The molecule has 1 saturated carbocycles. The standard InChI is InChI=1S/C18H28O3/c1-5-7-17(20)9-14(11-19)18-10-13(15(2,3)21-18)6-8-16(18,4)12-17/h5,9,13,19-20H,1,6-8,10-12H2,2-4H3/t13-,16-,17+,18?/m1/s1. The molecule has 0 aromatic carbocycles. The average Bonchev–Trinajstić information content (AvgIpc) is 2.61. The Balaban J connectivity index is 2.11. The summed E-state index contributed by atoms with van der Waals surface area (Å²) in [6.45, 7) is 10.3. The van der Waals surface area contributed by atoms with Crippen molar-refractivity contribution >= 4 is 0 Å². The van der Waals surface area contributed by atoms with Crippen molar-refractivity contribution in [1.82, 2.24) is 0 Å². The molecule has 1 unspecified atom stereocenters. The van der Waals surface area contributed by atoms with Gasteiger partial charge in [-0.25, -0.2) is 0 Å². The number of ether oxygens (including phenoxy) is 1. The van der Waals surface area contributed by atoms with Gasteiger partial charge in [0.2, 0.25) is 0 Å². The number of hydrogen-bond donors (Lipinski definition) is 2. The smallest absolute Gasteiger partial charge is 0.0980 e. The van der Waals surface area contributed by atoms with Gasteiger partial charge in [-0.05, 0) is 63.5 Å². The van der Waals surface area contributed by atoms with E-state index >= 15 is 0 Å². The summed E-state index contributed by atoms with van der Waals surface area (Å²) in [6, 6.07) is 0. The van der Waals surface area contributed by atoms with Gasteiger partial charge < -0.3 is 14.9 Å². The zero-order chi connectivity index (χ0) is 15.5. The fourth-order valence-corrected chi connectivity index (χ4v) is 5.22. The van der Waals surface area contributed by atoms with E-state index in [2.05, 4.69) is 27.4 Å². The maximum atomic E-state index is 10.9. The van der Waals surface area contributed by atoms with E-state index < -0.39 is 11.2 Å². The third kappa shape index (κ3) is 1.97. The Labute approximate surface area is 127 Å². The summed E-state index contributed by atoms with van der Waals surface area (Å²) in [6.07, 6.45) is 7.96. The average molecular weight is 292 g/mol. The number of rotatable bonds is 3. The first-order valence-corrected chi connectivity index (χ1v) is 8.07. The van der Waals surface area contributed by atoms with Crippen LogP contribution < -0.4 is 0 Å². The van der Waals surface area contributed by atoms with Crippen LogP contribution in [-0.4, -0.2) is 33.6 Å². The van der Waals surface area contributed by atoms with E-state index in [9.17, 15) is 10.2 Å². The van der Waals surface area contributed by atoms with Crippen LogP contribution >= 0.6 is 0 Å². The van der Waals surface area contributed by atoms with E-state index in [0.29, 0.717) is 18.8 Å². The molecule has 2 aliphatic carbocycles. The van der Waals surface area contributed by atoms with Crippen LogP contribution in [0.5, 0.6) is 0 Å². The van der Waals surface area contributed by atoms with Crippen molar-refractivity contribution in [2.45, 2.75) is 69.7 Å². The Bertz CT molecular complexity index is 495. The molecule has 2 N–H and O–H groups in total. The fraction of sp³-hybridized carbons (Fsp3) is 0.778. The van der Waals surface area contributed by atoms with Gasteiger partial charge in [0.25, 0.3) is 0 Å². The summed E-state index contributed by atoms with van der Waals surface area (Å²) < 4.78 is 6.58. The third-order valence-corrected chi connectivity index (χ3v) is 6.30. The van der Waals surface area contributed by atoms with Crippen LogP contribution in [0.3, 0.4) is 0 Å². The predicted molar refractivity (Wildman–Crippen MR) is 82.9 cm³/mol. The topological polar surface area (TPSA) is 49.7 Å². The lowest BCUT2D eigenvalue weighted by Gasteiger charge is -2.55. The zero-order valence-corrected chi connectivity index (χ0v) is 13.5. The van der Waals surface area contributed by atoms with Crippen LogP contribution in [0, 0.1) is 11.3 Å². The van der Waals surface area contributed by atoms with E-state index in [1.54, 1.807) is 6.08 Å². The molecular weight excluding hydrogens is 264 g/mol. The molecule has 0 aromatic heterocycles. The number of fused-ring (bicyclic) bond motifs is 1. The molecule has 1 spiro atoms. The van der Waals surface area contributed by atoms with Gasteiger partial charge >= 0.3 is 0 Å². The minimum atomic E-state index is -0.900. The Morgan fingerprint density at radius 3 is 2.76 bits per heavy atom. The monoisotopic (exact) mass is 292 g/mol. The highest BCUT2D eigenvalue weighted by Crippen LogP contribution is 2.65. The summed E-state index contributed by atoms with van der Waals surface area (Å²) in [5, 5.41) is 20.9. The first-order valence-electron chi connectivity index (χ1n) is 8.07. The van der Waals surface area contributed by atoms with Gasteiger partial charge in [0.1, 0.15) is 0 Å². The van der Waals surface area contributed by atoms with Crippen molar-refractivity contribution in [2.24, 2.45) is 11.3 Å². The fourth-order valence-electron chi connectivity index (χ4n) is 5.22. The Morgan fingerprint density at radius 2 is 2.14 bits per heavy atom.